The molecule has 0 saturated heterocycles. The summed E-state index contributed by atoms with van der Waals surface area (Å²) in [5.74, 6) is 0.803. The lowest BCUT2D eigenvalue weighted by molar-refractivity contribution is 0.375. The van der Waals surface area contributed by atoms with Crippen molar-refractivity contribution in [3.63, 3.8) is 0 Å². The monoisotopic (exact) mass is 300 g/mol. The lowest BCUT2D eigenvalue weighted by Gasteiger charge is -2.01. The van der Waals surface area contributed by atoms with E-state index in [1.807, 2.05) is 0 Å². The van der Waals surface area contributed by atoms with Crippen LogP contribution in [0.5, 0.6) is 0 Å². The van der Waals surface area contributed by atoms with E-state index in [0.717, 1.165) is 12.8 Å². The Kier molecular flexibility index (Phi) is 3.33. The van der Waals surface area contributed by atoms with Crippen LogP contribution in [-0.2, 0) is 22.3 Å². The van der Waals surface area contributed by atoms with Crippen LogP contribution in [0.25, 0.3) is 0 Å². The Morgan fingerprint density at radius 1 is 1.47 bits per heavy atom. The number of aromatic nitrogens is 3. The van der Waals surface area contributed by atoms with Gasteiger partial charge in [-0.2, -0.15) is 4.98 Å². The maximum Gasteiger partial charge on any atom is 0.229 e. The highest BCUT2D eigenvalue weighted by Crippen LogP contribution is 2.38. The van der Waals surface area contributed by atoms with Gasteiger partial charge in [0, 0.05) is 11.3 Å². The number of thiazole rings is 1. The first-order valence-corrected chi connectivity index (χ1v) is 8.39. The second-order valence-corrected chi connectivity index (χ2v) is 6.91. The van der Waals surface area contributed by atoms with Crippen molar-refractivity contribution in [3.05, 3.63) is 28.3 Å². The number of nitrogens with one attached hydrogen (secondary N) is 1. The Balaban J connectivity index is 1.60. The maximum atomic E-state index is 11.8. The normalized spacial score (nSPS) is 15.8. The van der Waals surface area contributed by atoms with E-state index in [0.29, 0.717) is 17.5 Å². The van der Waals surface area contributed by atoms with Gasteiger partial charge in [0.1, 0.15) is 5.75 Å². The molecule has 3 rings (SSSR count). The first-order chi connectivity index (χ1) is 9.12. The molecule has 1 aliphatic rings. The van der Waals surface area contributed by atoms with Crippen LogP contribution >= 0.6 is 11.3 Å². The van der Waals surface area contributed by atoms with Crippen LogP contribution in [0.2, 0.25) is 0 Å². The average molecular weight is 300 g/mol. The number of hydrogen-bond donors (Lipinski definition) is 1. The van der Waals surface area contributed by atoms with Crippen molar-refractivity contribution >= 4 is 21.4 Å². The van der Waals surface area contributed by atoms with Gasteiger partial charge in [-0.05, 0) is 12.8 Å². The fourth-order valence-electron chi connectivity index (χ4n) is 1.55. The van der Waals surface area contributed by atoms with Gasteiger partial charge in [-0.15, -0.1) is 11.3 Å². The topological polar surface area (TPSA) is 98.0 Å². The zero-order valence-corrected chi connectivity index (χ0v) is 11.6. The minimum atomic E-state index is -3.47. The highest BCUT2D eigenvalue weighted by atomic mass is 32.2. The minimum Gasteiger partial charge on any atom is -0.339 e. The zero-order valence-electron chi connectivity index (χ0n) is 9.94. The smallest absolute Gasteiger partial charge is 0.229 e. The van der Waals surface area contributed by atoms with Gasteiger partial charge in [0.25, 0.3) is 0 Å². The molecule has 1 saturated carbocycles. The van der Waals surface area contributed by atoms with Crippen molar-refractivity contribution in [1.82, 2.24) is 19.8 Å². The molecule has 19 heavy (non-hydrogen) atoms. The quantitative estimate of drug-likeness (QED) is 0.855. The zero-order chi connectivity index (χ0) is 13.3. The summed E-state index contributed by atoms with van der Waals surface area (Å²) < 4.78 is 31.1. The van der Waals surface area contributed by atoms with Gasteiger partial charge < -0.3 is 4.52 Å². The van der Waals surface area contributed by atoms with Crippen molar-refractivity contribution < 1.29 is 12.9 Å². The van der Waals surface area contributed by atoms with Gasteiger partial charge in [-0.1, -0.05) is 5.16 Å². The molecule has 2 aromatic heterocycles. The Hall–Kier alpha value is -1.32. The standard InChI is InChI=1S/C10H12N4O3S2/c15-19(16,12-3-8-4-18-6-11-8)5-9-13-10(17-14-9)7-1-2-7/h4,6-7,12H,1-3,5H2. The van der Waals surface area contributed by atoms with Crippen molar-refractivity contribution in [3.8, 4) is 0 Å². The summed E-state index contributed by atoms with van der Waals surface area (Å²) >= 11 is 1.42. The van der Waals surface area contributed by atoms with Crippen molar-refractivity contribution in [2.75, 3.05) is 0 Å². The SMILES string of the molecule is O=S(=O)(Cc1noc(C2CC2)n1)NCc1cscn1. The predicted molar refractivity (Wildman–Crippen MR) is 67.9 cm³/mol. The van der Waals surface area contributed by atoms with E-state index in [-0.39, 0.29) is 18.1 Å². The molecular weight excluding hydrogens is 288 g/mol. The number of nitrogens with zero attached hydrogens (tertiary/aromatic N) is 3. The van der Waals surface area contributed by atoms with E-state index >= 15 is 0 Å². The summed E-state index contributed by atoms with van der Waals surface area (Å²) in [7, 11) is -3.47. The molecule has 0 radical (unpaired) electrons. The summed E-state index contributed by atoms with van der Waals surface area (Å²) in [6.07, 6.45) is 2.08. The first-order valence-electron chi connectivity index (χ1n) is 5.79. The first kappa shape index (κ1) is 12.7. The third-order valence-electron chi connectivity index (χ3n) is 2.69. The average Bonchev–Trinajstić information content (AvgIpc) is 2.90. The molecule has 0 amide bonds. The summed E-state index contributed by atoms with van der Waals surface area (Å²) in [4.78, 5) is 8.10. The van der Waals surface area contributed by atoms with Gasteiger partial charge in [-0.3, -0.25) is 0 Å². The van der Waals surface area contributed by atoms with Gasteiger partial charge >= 0.3 is 0 Å². The molecule has 1 fully saturated rings. The van der Waals surface area contributed by atoms with Gasteiger partial charge in [0.2, 0.25) is 15.9 Å². The molecule has 1 aliphatic carbocycles. The minimum absolute atomic E-state index is 0.180. The summed E-state index contributed by atoms with van der Waals surface area (Å²) in [5.41, 5.74) is 2.35. The molecule has 9 heteroatoms. The van der Waals surface area contributed by atoms with Crippen molar-refractivity contribution in [1.29, 1.82) is 0 Å². The lowest BCUT2D eigenvalue weighted by Crippen LogP contribution is -2.25. The van der Waals surface area contributed by atoms with Crippen LogP contribution in [0.15, 0.2) is 15.4 Å². The molecule has 7 nitrogen and oxygen atoms in total. The van der Waals surface area contributed by atoms with Crippen LogP contribution in [0.4, 0.5) is 0 Å². The van der Waals surface area contributed by atoms with Crippen LogP contribution in [-0.4, -0.2) is 23.5 Å². The molecule has 0 aliphatic heterocycles. The Labute approximate surface area is 114 Å². The van der Waals surface area contributed by atoms with E-state index in [2.05, 4.69) is 19.8 Å². The Bertz CT molecular complexity index is 646. The molecule has 0 spiro atoms. The van der Waals surface area contributed by atoms with E-state index < -0.39 is 10.0 Å². The molecule has 102 valence electrons. The summed E-state index contributed by atoms with van der Waals surface area (Å²) in [6, 6.07) is 0. The van der Waals surface area contributed by atoms with Gasteiger partial charge in [-0.25, -0.2) is 18.1 Å². The maximum absolute atomic E-state index is 11.8. The summed E-state index contributed by atoms with van der Waals surface area (Å²) in [5, 5.41) is 5.48. The molecule has 0 unspecified atom stereocenters. The van der Waals surface area contributed by atoms with E-state index in [1.165, 1.54) is 11.3 Å². The predicted octanol–water partition coefficient (Wildman–Crippen LogP) is 1.02. The van der Waals surface area contributed by atoms with Crippen molar-refractivity contribution in [2.24, 2.45) is 0 Å². The fourth-order valence-corrected chi connectivity index (χ4v) is 3.04. The van der Waals surface area contributed by atoms with E-state index in [1.54, 1.807) is 10.9 Å². The highest BCUT2D eigenvalue weighted by Gasteiger charge is 2.30. The third kappa shape index (κ3) is 3.37. The molecule has 1 N–H and O–H groups in total. The second kappa shape index (κ2) is 4.99. The molecule has 2 aromatic rings. The second-order valence-electron chi connectivity index (χ2n) is 4.38. The molecular formula is C10H12N4O3S2. The van der Waals surface area contributed by atoms with Crippen LogP contribution < -0.4 is 4.72 Å². The number of rotatable bonds is 6. The Morgan fingerprint density at radius 2 is 2.32 bits per heavy atom. The Morgan fingerprint density at radius 3 is 3.00 bits per heavy atom. The van der Waals surface area contributed by atoms with E-state index in [9.17, 15) is 8.42 Å². The van der Waals surface area contributed by atoms with Crippen LogP contribution in [0, 0.1) is 0 Å². The molecule has 0 bridgehead atoms. The fraction of sp³-hybridized carbons (Fsp3) is 0.500. The number of sulfonamides is 1. The van der Waals surface area contributed by atoms with Crippen LogP contribution in [0.1, 0.15) is 36.2 Å². The summed E-state index contributed by atoms with van der Waals surface area (Å²) in [6.45, 7) is 0.180. The highest BCUT2D eigenvalue weighted by molar-refractivity contribution is 7.88. The third-order valence-corrected chi connectivity index (χ3v) is 4.54. The van der Waals surface area contributed by atoms with Gasteiger partial charge in [0.15, 0.2) is 5.82 Å². The molecule has 0 atom stereocenters. The number of hydrogen-bond acceptors (Lipinski definition) is 7. The van der Waals surface area contributed by atoms with Crippen molar-refractivity contribution in [2.45, 2.75) is 31.1 Å². The lowest BCUT2D eigenvalue weighted by atomic mass is 10.4. The molecule has 2 heterocycles. The van der Waals surface area contributed by atoms with Gasteiger partial charge in [0.05, 0.1) is 17.7 Å². The van der Waals surface area contributed by atoms with E-state index in [4.69, 9.17) is 4.52 Å². The van der Waals surface area contributed by atoms with Crippen LogP contribution in [0.3, 0.4) is 0 Å². The molecule has 0 aromatic carbocycles. The largest absolute Gasteiger partial charge is 0.339 e.